The molecule has 0 saturated carbocycles. The van der Waals surface area contributed by atoms with Crippen molar-refractivity contribution in [1.29, 1.82) is 0 Å². The van der Waals surface area contributed by atoms with Gasteiger partial charge in [0.15, 0.2) is 0 Å². The molecule has 1 unspecified atom stereocenters. The second-order valence-electron chi connectivity index (χ2n) is 3.59. The molecule has 0 saturated heterocycles. The number of aliphatic hydroxyl groups is 1. The Morgan fingerprint density at radius 1 is 1.43 bits per heavy atom. The van der Waals surface area contributed by atoms with Crippen LogP contribution in [0.1, 0.15) is 37.0 Å². The summed E-state index contributed by atoms with van der Waals surface area (Å²) in [6.45, 7) is 2.68. The second kappa shape index (κ2) is 5.78. The molecule has 0 radical (unpaired) electrons. The standard InChI is InChI=1S/C12H19NO/c1-2-4-10-5-3-6-11(9-10)12(14)7-8-13/h3,5-6,9,12,14H,2,4,7-8,13H2,1H3. The number of hydrogen-bond donors (Lipinski definition) is 2. The fraction of sp³-hybridized carbons (Fsp3) is 0.500. The Morgan fingerprint density at radius 3 is 2.86 bits per heavy atom. The van der Waals surface area contributed by atoms with Crippen molar-refractivity contribution in [3.63, 3.8) is 0 Å². The zero-order valence-corrected chi connectivity index (χ0v) is 8.74. The molecular weight excluding hydrogens is 174 g/mol. The number of benzene rings is 1. The molecule has 0 spiro atoms. The largest absolute Gasteiger partial charge is 0.388 e. The van der Waals surface area contributed by atoms with Crippen LogP contribution >= 0.6 is 0 Å². The highest BCUT2D eigenvalue weighted by atomic mass is 16.3. The van der Waals surface area contributed by atoms with Gasteiger partial charge in [-0.2, -0.15) is 0 Å². The first-order chi connectivity index (χ1) is 6.77. The summed E-state index contributed by atoms with van der Waals surface area (Å²) in [7, 11) is 0. The molecule has 78 valence electrons. The number of aliphatic hydroxyl groups excluding tert-OH is 1. The van der Waals surface area contributed by atoms with Crippen molar-refractivity contribution in [3.8, 4) is 0 Å². The van der Waals surface area contributed by atoms with Crippen molar-refractivity contribution < 1.29 is 5.11 Å². The highest BCUT2D eigenvalue weighted by Crippen LogP contribution is 2.17. The highest BCUT2D eigenvalue weighted by molar-refractivity contribution is 5.25. The fourth-order valence-corrected chi connectivity index (χ4v) is 1.57. The van der Waals surface area contributed by atoms with Crippen molar-refractivity contribution in [1.82, 2.24) is 0 Å². The Hall–Kier alpha value is -0.860. The van der Waals surface area contributed by atoms with E-state index in [1.54, 1.807) is 0 Å². The van der Waals surface area contributed by atoms with Gasteiger partial charge in [-0.1, -0.05) is 37.6 Å². The van der Waals surface area contributed by atoms with E-state index in [1.165, 1.54) is 5.56 Å². The average Bonchev–Trinajstić information content (AvgIpc) is 2.19. The van der Waals surface area contributed by atoms with Gasteiger partial charge in [0.2, 0.25) is 0 Å². The smallest absolute Gasteiger partial charge is 0.0802 e. The summed E-state index contributed by atoms with van der Waals surface area (Å²) in [5.41, 5.74) is 7.68. The molecule has 1 aromatic carbocycles. The first kappa shape index (κ1) is 11.2. The van der Waals surface area contributed by atoms with Gasteiger partial charge in [0.05, 0.1) is 6.10 Å². The fourth-order valence-electron chi connectivity index (χ4n) is 1.57. The quantitative estimate of drug-likeness (QED) is 0.751. The average molecular weight is 193 g/mol. The molecular formula is C12H19NO. The Morgan fingerprint density at radius 2 is 2.21 bits per heavy atom. The molecule has 1 rings (SSSR count). The summed E-state index contributed by atoms with van der Waals surface area (Å²) in [5.74, 6) is 0. The maximum Gasteiger partial charge on any atom is 0.0802 e. The predicted molar refractivity (Wildman–Crippen MR) is 59.1 cm³/mol. The predicted octanol–water partition coefficient (Wildman–Crippen LogP) is 2.02. The van der Waals surface area contributed by atoms with Crippen LogP contribution in [0.2, 0.25) is 0 Å². The van der Waals surface area contributed by atoms with E-state index in [0.717, 1.165) is 18.4 Å². The molecule has 0 bridgehead atoms. The van der Waals surface area contributed by atoms with Gasteiger partial charge < -0.3 is 10.8 Å². The van der Waals surface area contributed by atoms with Gasteiger partial charge in [-0.15, -0.1) is 0 Å². The molecule has 0 amide bonds. The number of aryl methyl sites for hydroxylation is 1. The van der Waals surface area contributed by atoms with E-state index in [4.69, 9.17) is 5.73 Å². The molecule has 0 aliphatic carbocycles. The minimum Gasteiger partial charge on any atom is -0.388 e. The van der Waals surface area contributed by atoms with Gasteiger partial charge in [0.25, 0.3) is 0 Å². The van der Waals surface area contributed by atoms with E-state index in [0.29, 0.717) is 13.0 Å². The lowest BCUT2D eigenvalue weighted by molar-refractivity contribution is 0.170. The summed E-state index contributed by atoms with van der Waals surface area (Å²) in [4.78, 5) is 0. The molecule has 1 atom stereocenters. The van der Waals surface area contributed by atoms with Crippen LogP contribution < -0.4 is 5.73 Å². The second-order valence-corrected chi connectivity index (χ2v) is 3.59. The molecule has 3 N–H and O–H groups in total. The molecule has 1 aromatic rings. The summed E-state index contributed by atoms with van der Waals surface area (Å²) in [6, 6.07) is 8.13. The minimum atomic E-state index is -0.406. The summed E-state index contributed by atoms with van der Waals surface area (Å²) >= 11 is 0. The van der Waals surface area contributed by atoms with Crippen LogP contribution in [0.4, 0.5) is 0 Å². The lowest BCUT2D eigenvalue weighted by Gasteiger charge is -2.10. The Kier molecular flexibility index (Phi) is 4.63. The Labute approximate surface area is 85.8 Å². The van der Waals surface area contributed by atoms with Gasteiger partial charge in [0.1, 0.15) is 0 Å². The molecule has 2 nitrogen and oxygen atoms in total. The Bertz CT molecular complexity index is 273. The van der Waals surface area contributed by atoms with E-state index in [9.17, 15) is 5.11 Å². The van der Waals surface area contributed by atoms with E-state index in [2.05, 4.69) is 19.1 Å². The van der Waals surface area contributed by atoms with Crippen molar-refractivity contribution in [3.05, 3.63) is 35.4 Å². The summed E-state index contributed by atoms with van der Waals surface area (Å²) in [5, 5.41) is 9.73. The van der Waals surface area contributed by atoms with Crippen molar-refractivity contribution >= 4 is 0 Å². The summed E-state index contributed by atoms with van der Waals surface area (Å²) in [6.07, 6.45) is 2.44. The van der Waals surface area contributed by atoms with E-state index >= 15 is 0 Å². The number of nitrogens with two attached hydrogens (primary N) is 1. The van der Waals surface area contributed by atoms with Gasteiger partial charge >= 0.3 is 0 Å². The topological polar surface area (TPSA) is 46.2 Å². The SMILES string of the molecule is CCCc1cccc(C(O)CCN)c1. The van der Waals surface area contributed by atoms with Gasteiger partial charge in [-0.25, -0.2) is 0 Å². The third-order valence-electron chi connectivity index (χ3n) is 2.31. The zero-order valence-electron chi connectivity index (χ0n) is 8.74. The van der Waals surface area contributed by atoms with Crippen LogP contribution in [0, 0.1) is 0 Å². The molecule has 0 heterocycles. The molecule has 0 fully saturated rings. The maximum atomic E-state index is 9.73. The van der Waals surface area contributed by atoms with Crippen molar-refractivity contribution in [2.24, 2.45) is 5.73 Å². The van der Waals surface area contributed by atoms with E-state index in [-0.39, 0.29) is 0 Å². The zero-order chi connectivity index (χ0) is 10.4. The first-order valence-electron chi connectivity index (χ1n) is 5.25. The van der Waals surface area contributed by atoms with Crippen molar-refractivity contribution in [2.45, 2.75) is 32.3 Å². The maximum absolute atomic E-state index is 9.73. The van der Waals surface area contributed by atoms with Crippen LogP contribution in [0.25, 0.3) is 0 Å². The number of hydrogen-bond acceptors (Lipinski definition) is 2. The van der Waals surface area contributed by atoms with Crippen LogP contribution in [-0.2, 0) is 6.42 Å². The third-order valence-corrected chi connectivity index (χ3v) is 2.31. The van der Waals surface area contributed by atoms with E-state index in [1.807, 2.05) is 12.1 Å². The lowest BCUT2D eigenvalue weighted by Crippen LogP contribution is -2.06. The van der Waals surface area contributed by atoms with Crippen molar-refractivity contribution in [2.75, 3.05) is 6.54 Å². The van der Waals surface area contributed by atoms with E-state index < -0.39 is 6.10 Å². The molecule has 2 heteroatoms. The van der Waals surface area contributed by atoms with Crippen LogP contribution in [0.15, 0.2) is 24.3 Å². The van der Waals surface area contributed by atoms with Gasteiger partial charge in [-0.3, -0.25) is 0 Å². The van der Waals surface area contributed by atoms with Crippen LogP contribution in [0.3, 0.4) is 0 Å². The van der Waals surface area contributed by atoms with Crippen LogP contribution in [-0.4, -0.2) is 11.7 Å². The Balaban J connectivity index is 2.71. The van der Waals surface area contributed by atoms with Crippen LogP contribution in [0.5, 0.6) is 0 Å². The molecule has 0 aliphatic heterocycles. The number of rotatable bonds is 5. The third kappa shape index (κ3) is 3.13. The van der Waals surface area contributed by atoms with Gasteiger partial charge in [0, 0.05) is 0 Å². The molecule has 0 aliphatic rings. The van der Waals surface area contributed by atoms with Gasteiger partial charge in [-0.05, 0) is 30.5 Å². The lowest BCUT2D eigenvalue weighted by atomic mass is 10.0. The minimum absolute atomic E-state index is 0.406. The molecule has 0 aromatic heterocycles. The normalized spacial score (nSPS) is 12.8. The highest BCUT2D eigenvalue weighted by Gasteiger charge is 2.06. The first-order valence-corrected chi connectivity index (χ1v) is 5.25. The monoisotopic (exact) mass is 193 g/mol. The summed E-state index contributed by atoms with van der Waals surface area (Å²) < 4.78 is 0. The molecule has 14 heavy (non-hydrogen) atoms.